The van der Waals surface area contributed by atoms with Crippen molar-refractivity contribution in [3.05, 3.63) is 35.4 Å². The Labute approximate surface area is 127 Å². The quantitative estimate of drug-likeness (QED) is 0.901. The molecule has 6 heteroatoms. The van der Waals surface area contributed by atoms with Crippen LogP contribution in [0.2, 0.25) is 0 Å². The van der Waals surface area contributed by atoms with Gasteiger partial charge in [0.05, 0.1) is 12.2 Å². The van der Waals surface area contributed by atoms with Crippen LogP contribution in [0.1, 0.15) is 27.1 Å². The second-order valence-electron chi connectivity index (χ2n) is 5.22. The predicted molar refractivity (Wildman–Crippen MR) is 79.9 cm³/mol. The van der Waals surface area contributed by atoms with Gasteiger partial charge in [-0.3, -0.25) is 4.79 Å². The van der Waals surface area contributed by atoms with E-state index in [4.69, 9.17) is 9.84 Å². The molecule has 21 heavy (non-hydrogen) atoms. The first-order valence-corrected chi connectivity index (χ1v) is 8.05. The first kappa shape index (κ1) is 14.4. The van der Waals surface area contributed by atoms with Crippen LogP contribution in [0, 0.1) is 0 Å². The van der Waals surface area contributed by atoms with E-state index in [0.29, 0.717) is 30.6 Å². The van der Waals surface area contributed by atoms with Gasteiger partial charge in [-0.1, -0.05) is 6.07 Å². The van der Waals surface area contributed by atoms with Gasteiger partial charge in [0, 0.05) is 35.8 Å². The number of hydrogen-bond donors (Lipinski definition) is 1. The molecular formula is C15H17NO4S. The van der Waals surface area contributed by atoms with Crippen LogP contribution in [0.3, 0.4) is 0 Å². The monoisotopic (exact) mass is 307 g/mol. The van der Waals surface area contributed by atoms with Crippen LogP contribution in [0.4, 0.5) is 0 Å². The maximum Gasteiger partial charge on any atom is 0.335 e. The molecule has 1 amide bonds. The predicted octanol–water partition coefficient (Wildman–Crippen LogP) is 1.73. The molecule has 2 atom stereocenters. The van der Waals surface area contributed by atoms with Gasteiger partial charge in [-0.25, -0.2) is 4.79 Å². The highest BCUT2D eigenvalue weighted by Gasteiger charge is 2.37. The summed E-state index contributed by atoms with van der Waals surface area (Å²) in [6, 6.07) is 6.46. The van der Waals surface area contributed by atoms with Crippen molar-refractivity contribution in [3.63, 3.8) is 0 Å². The van der Waals surface area contributed by atoms with E-state index in [1.165, 1.54) is 12.1 Å². The van der Waals surface area contributed by atoms with Crippen molar-refractivity contribution in [2.75, 3.05) is 25.5 Å². The average Bonchev–Trinajstić information content (AvgIpc) is 2.53. The number of rotatable bonds is 2. The second-order valence-corrected chi connectivity index (χ2v) is 6.57. The number of carboxylic acid groups (broad SMARTS) is 1. The molecule has 0 spiro atoms. The number of thioether (sulfide) groups is 1. The minimum Gasteiger partial charge on any atom is -0.478 e. The van der Waals surface area contributed by atoms with Gasteiger partial charge >= 0.3 is 5.97 Å². The molecule has 2 unspecified atom stereocenters. The Hall–Kier alpha value is -1.53. The van der Waals surface area contributed by atoms with Crippen molar-refractivity contribution in [3.8, 4) is 0 Å². The molecule has 3 rings (SSSR count). The van der Waals surface area contributed by atoms with E-state index in [9.17, 15) is 9.59 Å². The smallest absolute Gasteiger partial charge is 0.335 e. The normalized spacial score (nSPS) is 25.2. The molecule has 2 heterocycles. The number of carbonyl (C=O) groups excluding carboxylic acids is 1. The first-order chi connectivity index (χ1) is 10.2. The molecule has 0 aliphatic carbocycles. The Kier molecular flexibility index (Phi) is 4.17. The topological polar surface area (TPSA) is 66.8 Å². The molecule has 2 saturated heterocycles. The standard InChI is InChI=1S/C15H17NO4S/c17-14(10-2-1-3-11(8-10)15(18)19)16-5-7-21-13-9-20-6-4-12(13)16/h1-3,8,12-13H,4-7,9H2,(H,18,19). The summed E-state index contributed by atoms with van der Waals surface area (Å²) in [5, 5.41) is 9.38. The minimum absolute atomic E-state index is 0.0738. The molecule has 0 bridgehead atoms. The van der Waals surface area contributed by atoms with Gasteiger partial charge < -0.3 is 14.7 Å². The van der Waals surface area contributed by atoms with Gasteiger partial charge in [-0.2, -0.15) is 11.8 Å². The summed E-state index contributed by atoms with van der Waals surface area (Å²) in [6.07, 6.45) is 0.849. The zero-order valence-electron chi connectivity index (χ0n) is 11.5. The number of ether oxygens (including phenoxy) is 1. The lowest BCUT2D eigenvalue weighted by Gasteiger charge is -2.43. The SMILES string of the molecule is O=C(O)c1cccc(C(=O)N2CCSC3COCCC32)c1. The molecule has 2 aliphatic rings. The number of carboxylic acids is 1. The van der Waals surface area contributed by atoms with Crippen molar-refractivity contribution < 1.29 is 19.4 Å². The van der Waals surface area contributed by atoms with Gasteiger partial charge in [-0.05, 0) is 24.6 Å². The fourth-order valence-electron chi connectivity index (χ4n) is 2.89. The Morgan fingerprint density at radius 1 is 1.33 bits per heavy atom. The van der Waals surface area contributed by atoms with E-state index < -0.39 is 5.97 Å². The van der Waals surface area contributed by atoms with Gasteiger partial charge in [0.1, 0.15) is 0 Å². The van der Waals surface area contributed by atoms with Crippen molar-refractivity contribution in [1.82, 2.24) is 4.90 Å². The fourth-order valence-corrected chi connectivity index (χ4v) is 4.19. The Morgan fingerprint density at radius 3 is 2.95 bits per heavy atom. The van der Waals surface area contributed by atoms with Gasteiger partial charge in [0.2, 0.25) is 0 Å². The molecule has 0 saturated carbocycles. The molecule has 2 aliphatic heterocycles. The van der Waals surface area contributed by atoms with Crippen LogP contribution in [-0.4, -0.2) is 58.7 Å². The third-order valence-corrected chi connectivity index (χ3v) is 5.25. The molecular weight excluding hydrogens is 290 g/mol. The van der Waals surface area contributed by atoms with Crippen LogP contribution in [0.25, 0.3) is 0 Å². The van der Waals surface area contributed by atoms with E-state index in [1.54, 1.807) is 12.1 Å². The number of fused-ring (bicyclic) bond motifs is 1. The maximum atomic E-state index is 12.7. The summed E-state index contributed by atoms with van der Waals surface area (Å²) in [4.78, 5) is 25.6. The van der Waals surface area contributed by atoms with E-state index in [0.717, 1.165) is 12.2 Å². The highest BCUT2D eigenvalue weighted by molar-refractivity contribution is 8.00. The Bertz CT molecular complexity index is 560. The highest BCUT2D eigenvalue weighted by atomic mass is 32.2. The molecule has 1 N–H and O–H groups in total. The third kappa shape index (κ3) is 2.91. The molecule has 0 radical (unpaired) electrons. The maximum absolute atomic E-state index is 12.7. The van der Waals surface area contributed by atoms with Gasteiger partial charge in [0.15, 0.2) is 0 Å². The van der Waals surface area contributed by atoms with Crippen LogP contribution in [-0.2, 0) is 4.74 Å². The number of benzene rings is 1. The zero-order valence-corrected chi connectivity index (χ0v) is 12.3. The summed E-state index contributed by atoms with van der Waals surface area (Å²) in [6.45, 7) is 2.08. The second kappa shape index (κ2) is 6.07. The van der Waals surface area contributed by atoms with Crippen molar-refractivity contribution in [2.45, 2.75) is 17.7 Å². The molecule has 112 valence electrons. The van der Waals surface area contributed by atoms with E-state index in [-0.39, 0.29) is 17.5 Å². The van der Waals surface area contributed by atoms with E-state index in [1.807, 2.05) is 16.7 Å². The van der Waals surface area contributed by atoms with Crippen LogP contribution < -0.4 is 0 Å². The first-order valence-electron chi connectivity index (χ1n) is 7.00. The van der Waals surface area contributed by atoms with Crippen LogP contribution >= 0.6 is 11.8 Å². The number of carbonyl (C=O) groups is 2. The average molecular weight is 307 g/mol. The molecule has 0 aromatic heterocycles. The summed E-state index contributed by atoms with van der Waals surface area (Å²) in [7, 11) is 0. The summed E-state index contributed by atoms with van der Waals surface area (Å²) < 4.78 is 5.49. The Balaban J connectivity index is 1.83. The number of nitrogens with zero attached hydrogens (tertiary/aromatic N) is 1. The van der Waals surface area contributed by atoms with E-state index >= 15 is 0 Å². The van der Waals surface area contributed by atoms with Crippen LogP contribution in [0.5, 0.6) is 0 Å². The summed E-state index contributed by atoms with van der Waals surface area (Å²) in [5.74, 6) is -0.187. The number of hydrogen-bond acceptors (Lipinski definition) is 4. The molecule has 1 aromatic rings. The summed E-state index contributed by atoms with van der Waals surface area (Å²) >= 11 is 1.86. The molecule has 1 aromatic carbocycles. The zero-order chi connectivity index (χ0) is 14.8. The highest BCUT2D eigenvalue weighted by Crippen LogP contribution is 2.31. The fraction of sp³-hybridized carbons (Fsp3) is 0.467. The van der Waals surface area contributed by atoms with Crippen molar-refractivity contribution >= 4 is 23.6 Å². The lowest BCUT2D eigenvalue weighted by molar-refractivity contribution is 0.0319. The van der Waals surface area contributed by atoms with E-state index in [2.05, 4.69) is 0 Å². The summed E-state index contributed by atoms with van der Waals surface area (Å²) in [5.41, 5.74) is 0.600. The lowest BCUT2D eigenvalue weighted by Crippen LogP contribution is -2.54. The number of amides is 1. The van der Waals surface area contributed by atoms with Gasteiger partial charge in [-0.15, -0.1) is 0 Å². The number of aromatic carboxylic acids is 1. The Morgan fingerprint density at radius 2 is 2.14 bits per heavy atom. The minimum atomic E-state index is -1.01. The van der Waals surface area contributed by atoms with Crippen molar-refractivity contribution in [1.29, 1.82) is 0 Å². The molecule has 5 nitrogen and oxygen atoms in total. The largest absolute Gasteiger partial charge is 0.478 e. The van der Waals surface area contributed by atoms with Gasteiger partial charge in [0.25, 0.3) is 5.91 Å². The molecule has 2 fully saturated rings. The van der Waals surface area contributed by atoms with Crippen LogP contribution in [0.15, 0.2) is 24.3 Å². The lowest BCUT2D eigenvalue weighted by atomic mass is 10.0. The van der Waals surface area contributed by atoms with Crippen molar-refractivity contribution in [2.24, 2.45) is 0 Å². The third-order valence-electron chi connectivity index (χ3n) is 3.95.